The number of nitrogens with two attached hydrogens (primary N) is 1. The molecule has 0 aromatic heterocycles. The molecule has 0 heterocycles. The minimum absolute atomic E-state index is 0.146. The molecule has 15 heavy (non-hydrogen) atoms. The van der Waals surface area contributed by atoms with Crippen molar-refractivity contribution >= 4 is 17.4 Å². The first-order valence-corrected chi connectivity index (χ1v) is 5.22. The first-order chi connectivity index (χ1) is 7.10. The molecular weight excluding hydrogens is 214 g/mol. The van der Waals surface area contributed by atoms with Crippen molar-refractivity contribution in [3.63, 3.8) is 0 Å². The molecule has 3 N–H and O–H groups in total. The van der Waals surface area contributed by atoms with Crippen molar-refractivity contribution in [3.8, 4) is 5.75 Å². The van der Waals surface area contributed by atoms with Crippen molar-refractivity contribution in [3.05, 3.63) is 28.3 Å². The number of aryl methyl sites for hydroxylation is 1. The smallest absolute Gasteiger partial charge is 0.167 e. The zero-order valence-electron chi connectivity index (χ0n) is 8.59. The minimum atomic E-state index is -0.174. The Kier molecular flexibility index (Phi) is 4.12. The van der Waals surface area contributed by atoms with Gasteiger partial charge in [-0.3, -0.25) is 4.79 Å². The highest BCUT2D eigenvalue weighted by atomic mass is 35.5. The van der Waals surface area contributed by atoms with E-state index in [4.69, 9.17) is 17.3 Å². The normalized spacial score (nSPS) is 10.3. The molecule has 0 bridgehead atoms. The highest BCUT2D eigenvalue weighted by Crippen LogP contribution is 2.30. The van der Waals surface area contributed by atoms with E-state index in [0.717, 1.165) is 12.0 Å². The van der Waals surface area contributed by atoms with Crippen molar-refractivity contribution in [2.75, 3.05) is 6.54 Å². The molecule has 1 rings (SSSR count). The van der Waals surface area contributed by atoms with Gasteiger partial charge in [0.05, 0.1) is 10.6 Å². The van der Waals surface area contributed by atoms with Gasteiger partial charge < -0.3 is 10.8 Å². The summed E-state index contributed by atoms with van der Waals surface area (Å²) in [7, 11) is 0. The van der Waals surface area contributed by atoms with Gasteiger partial charge in [0.1, 0.15) is 5.75 Å². The second-order valence-electron chi connectivity index (χ2n) is 3.29. The quantitative estimate of drug-likeness (QED) is 0.775. The van der Waals surface area contributed by atoms with Crippen LogP contribution in [-0.4, -0.2) is 17.4 Å². The highest BCUT2D eigenvalue weighted by Gasteiger charge is 2.14. The molecule has 0 saturated carbocycles. The molecule has 0 saturated heterocycles. The number of Topliss-reactive ketones (excluding diaryl/α,β-unsaturated/α-hetero) is 1. The van der Waals surface area contributed by atoms with Crippen molar-refractivity contribution in [1.29, 1.82) is 0 Å². The lowest BCUT2D eigenvalue weighted by atomic mass is 10.0. The summed E-state index contributed by atoms with van der Waals surface area (Å²) in [4.78, 5) is 11.6. The van der Waals surface area contributed by atoms with Crippen molar-refractivity contribution in [2.24, 2.45) is 5.73 Å². The first kappa shape index (κ1) is 12.0. The van der Waals surface area contributed by atoms with Crippen LogP contribution < -0.4 is 5.73 Å². The number of benzene rings is 1. The van der Waals surface area contributed by atoms with E-state index < -0.39 is 0 Å². The van der Waals surface area contributed by atoms with Gasteiger partial charge in [0.25, 0.3) is 0 Å². The predicted octanol–water partition coefficient (Wildman–Crippen LogP) is 2.14. The summed E-state index contributed by atoms with van der Waals surface area (Å²) in [5, 5.41) is 9.84. The Morgan fingerprint density at radius 1 is 1.53 bits per heavy atom. The first-order valence-electron chi connectivity index (χ1n) is 4.84. The summed E-state index contributed by atoms with van der Waals surface area (Å²) in [6.07, 6.45) is 0.986. The third kappa shape index (κ3) is 2.70. The van der Waals surface area contributed by atoms with Gasteiger partial charge in [-0.1, -0.05) is 18.5 Å². The van der Waals surface area contributed by atoms with Gasteiger partial charge in [0.2, 0.25) is 0 Å². The largest absolute Gasteiger partial charge is 0.506 e. The number of carbonyl (C=O) groups is 1. The van der Waals surface area contributed by atoms with E-state index in [-0.39, 0.29) is 35.1 Å². The van der Waals surface area contributed by atoms with Crippen molar-refractivity contribution in [2.45, 2.75) is 19.8 Å². The molecule has 0 aliphatic heterocycles. The SMILES string of the molecule is CCc1cc(Cl)c(O)c(C(=O)CCN)c1. The molecule has 0 aliphatic rings. The maximum atomic E-state index is 11.6. The minimum Gasteiger partial charge on any atom is -0.506 e. The number of aromatic hydroxyl groups is 1. The van der Waals surface area contributed by atoms with E-state index in [1.807, 2.05) is 6.92 Å². The zero-order chi connectivity index (χ0) is 11.4. The fourth-order valence-electron chi connectivity index (χ4n) is 1.34. The fraction of sp³-hybridized carbons (Fsp3) is 0.364. The van der Waals surface area contributed by atoms with E-state index in [1.165, 1.54) is 0 Å². The molecular formula is C11H14ClNO2. The van der Waals surface area contributed by atoms with Crippen molar-refractivity contribution < 1.29 is 9.90 Å². The monoisotopic (exact) mass is 227 g/mol. The summed E-state index contributed by atoms with van der Waals surface area (Å²) in [5.41, 5.74) is 6.49. The van der Waals surface area contributed by atoms with Crippen LogP contribution in [0, 0.1) is 0 Å². The van der Waals surface area contributed by atoms with Crippen LogP contribution in [0.15, 0.2) is 12.1 Å². The van der Waals surface area contributed by atoms with Crippen LogP contribution in [-0.2, 0) is 6.42 Å². The topological polar surface area (TPSA) is 63.3 Å². The molecule has 0 fully saturated rings. The van der Waals surface area contributed by atoms with E-state index in [1.54, 1.807) is 12.1 Å². The number of phenolic OH excluding ortho intramolecular Hbond substituents is 1. The molecule has 1 aromatic rings. The van der Waals surface area contributed by atoms with Crippen LogP contribution in [0.2, 0.25) is 5.02 Å². The lowest BCUT2D eigenvalue weighted by Gasteiger charge is -2.07. The maximum absolute atomic E-state index is 11.6. The van der Waals surface area contributed by atoms with Crippen LogP contribution in [0.5, 0.6) is 5.75 Å². The Morgan fingerprint density at radius 2 is 2.20 bits per heavy atom. The summed E-state index contributed by atoms with van der Waals surface area (Å²) >= 11 is 5.81. The highest BCUT2D eigenvalue weighted by molar-refractivity contribution is 6.32. The number of halogens is 1. The molecule has 0 radical (unpaired) electrons. The second-order valence-corrected chi connectivity index (χ2v) is 3.70. The molecule has 1 aromatic carbocycles. The number of ketones is 1. The lowest BCUT2D eigenvalue weighted by Crippen LogP contribution is -2.08. The number of rotatable bonds is 4. The summed E-state index contributed by atoms with van der Waals surface area (Å²) < 4.78 is 0. The van der Waals surface area contributed by atoms with Gasteiger partial charge in [-0.25, -0.2) is 0 Å². The van der Waals surface area contributed by atoms with Crippen LogP contribution in [0.25, 0.3) is 0 Å². The third-order valence-electron chi connectivity index (χ3n) is 2.20. The Morgan fingerprint density at radius 3 is 2.73 bits per heavy atom. The Bertz CT molecular complexity index is 377. The average molecular weight is 228 g/mol. The van der Waals surface area contributed by atoms with E-state index in [2.05, 4.69) is 0 Å². The molecule has 4 heteroatoms. The second kappa shape index (κ2) is 5.14. The molecule has 3 nitrogen and oxygen atoms in total. The fourth-order valence-corrected chi connectivity index (χ4v) is 1.58. The maximum Gasteiger partial charge on any atom is 0.167 e. The van der Waals surface area contributed by atoms with Gasteiger partial charge in [-0.05, 0) is 30.7 Å². The number of hydrogen-bond acceptors (Lipinski definition) is 3. The predicted molar refractivity (Wildman–Crippen MR) is 60.5 cm³/mol. The summed E-state index contributed by atoms with van der Waals surface area (Å²) in [5.74, 6) is -0.320. The number of hydrogen-bond donors (Lipinski definition) is 2. The van der Waals surface area contributed by atoms with Gasteiger partial charge in [-0.15, -0.1) is 0 Å². The number of phenols is 1. The van der Waals surface area contributed by atoms with Gasteiger partial charge in [-0.2, -0.15) is 0 Å². The molecule has 82 valence electrons. The van der Waals surface area contributed by atoms with Crippen LogP contribution in [0.4, 0.5) is 0 Å². The van der Waals surface area contributed by atoms with Crippen molar-refractivity contribution in [1.82, 2.24) is 0 Å². The van der Waals surface area contributed by atoms with Crippen LogP contribution in [0.1, 0.15) is 29.3 Å². The Hall–Kier alpha value is -1.06. The van der Waals surface area contributed by atoms with Gasteiger partial charge in [0, 0.05) is 6.42 Å². The van der Waals surface area contributed by atoms with E-state index in [0.29, 0.717) is 0 Å². The number of carbonyl (C=O) groups excluding carboxylic acids is 1. The molecule has 0 aliphatic carbocycles. The van der Waals surface area contributed by atoms with Gasteiger partial charge >= 0.3 is 0 Å². The van der Waals surface area contributed by atoms with E-state index in [9.17, 15) is 9.90 Å². The Balaban J connectivity index is 3.15. The van der Waals surface area contributed by atoms with E-state index >= 15 is 0 Å². The van der Waals surface area contributed by atoms with Crippen LogP contribution >= 0.6 is 11.6 Å². The average Bonchev–Trinajstić information content (AvgIpc) is 2.22. The summed E-state index contributed by atoms with van der Waals surface area (Å²) in [6, 6.07) is 3.33. The summed E-state index contributed by atoms with van der Waals surface area (Å²) in [6.45, 7) is 2.23. The molecule has 0 amide bonds. The molecule has 0 unspecified atom stereocenters. The standard InChI is InChI=1S/C11H14ClNO2/c1-2-7-5-8(10(14)3-4-13)11(15)9(12)6-7/h5-6,15H,2-4,13H2,1H3. The van der Waals surface area contributed by atoms with Gasteiger partial charge in [0.15, 0.2) is 5.78 Å². The lowest BCUT2D eigenvalue weighted by molar-refractivity contribution is 0.0983. The molecule has 0 spiro atoms. The Labute approximate surface area is 93.9 Å². The third-order valence-corrected chi connectivity index (χ3v) is 2.49. The zero-order valence-corrected chi connectivity index (χ0v) is 9.34. The van der Waals surface area contributed by atoms with Crippen LogP contribution in [0.3, 0.4) is 0 Å². The molecule has 0 atom stereocenters.